The maximum absolute atomic E-state index is 13.2. The predicted molar refractivity (Wildman–Crippen MR) is 40.0 cm³/mol. The molecule has 0 aromatic heterocycles. The minimum absolute atomic E-state index is 0.00694. The summed E-state index contributed by atoms with van der Waals surface area (Å²) in [4.78, 5) is 12.4. The fraction of sp³-hybridized carbons (Fsp3) is 0.857. The first-order valence-corrected chi connectivity index (χ1v) is 3.63. The van der Waals surface area contributed by atoms with Gasteiger partial charge in [-0.25, -0.2) is 4.39 Å². The van der Waals surface area contributed by atoms with Crippen LogP contribution in [0.5, 0.6) is 0 Å². The lowest BCUT2D eigenvalue weighted by atomic mass is 9.95. The molecule has 0 saturated carbocycles. The minimum atomic E-state index is -1.28. The summed E-state index contributed by atoms with van der Waals surface area (Å²) in [5.41, 5.74) is -1.28. The molecule has 0 unspecified atom stereocenters. The maximum Gasteiger partial charge on any atom is 0.225 e. The third-order valence-electron chi connectivity index (χ3n) is 1.85. The molecular formula is C7H13FN2O. The van der Waals surface area contributed by atoms with Crippen LogP contribution in [0.3, 0.4) is 0 Å². The van der Waals surface area contributed by atoms with Crippen molar-refractivity contribution in [1.82, 2.24) is 10.2 Å². The fourth-order valence-electron chi connectivity index (χ4n) is 0.950. The predicted octanol–water partition coefficient (Wildman–Crippen LogP) is -0.224. The second-order valence-corrected chi connectivity index (χ2v) is 3.22. The van der Waals surface area contributed by atoms with Crippen LogP contribution in [0, 0.1) is 0 Å². The zero-order valence-electron chi connectivity index (χ0n) is 6.85. The van der Waals surface area contributed by atoms with Crippen LogP contribution in [0.2, 0.25) is 0 Å². The Bertz CT molecular complexity index is 166. The van der Waals surface area contributed by atoms with Gasteiger partial charge < -0.3 is 10.2 Å². The van der Waals surface area contributed by atoms with Gasteiger partial charge in [0.1, 0.15) is 5.67 Å². The summed E-state index contributed by atoms with van der Waals surface area (Å²) in [6.45, 7) is 0.624. The van der Waals surface area contributed by atoms with Crippen molar-refractivity contribution in [3.63, 3.8) is 0 Å². The molecule has 0 spiro atoms. The van der Waals surface area contributed by atoms with Gasteiger partial charge in [0.25, 0.3) is 0 Å². The van der Waals surface area contributed by atoms with E-state index < -0.39 is 5.67 Å². The minimum Gasteiger partial charge on any atom is -0.349 e. The summed E-state index contributed by atoms with van der Waals surface area (Å²) in [7, 11) is 3.27. The highest BCUT2D eigenvalue weighted by atomic mass is 19.1. The van der Waals surface area contributed by atoms with Gasteiger partial charge in [0.05, 0.1) is 6.42 Å². The van der Waals surface area contributed by atoms with Crippen molar-refractivity contribution < 1.29 is 9.18 Å². The van der Waals surface area contributed by atoms with Gasteiger partial charge >= 0.3 is 0 Å². The average molecular weight is 160 g/mol. The van der Waals surface area contributed by atoms with Crippen LogP contribution in [-0.4, -0.2) is 43.7 Å². The van der Waals surface area contributed by atoms with Gasteiger partial charge in [-0.05, 0) is 0 Å². The van der Waals surface area contributed by atoms with Crippen molar-refractivity contribution in [3.05, 3.63) is 0 Å². The number of nitrogens with one attached hydrogen (secondary N) is 1. The van der Waals surface area contributed by atoms with Crippen LogP contribution in [0.1, 0.15) is 6.42 Å². The van der Waals surface area contributed by atoms with Gasteiger partial charge in [0, 0.05) is 27.2 Å². The molecule has 0 radical (unpaired) electrons. The number of rotatable bonds is 2. The maximum atomic E-state index is 13.2. The van der Waals surface area contributed by atoms with Crippen molar-refractivity contribution in [2.45, 2.75) is 12.1 Å². The van der Waals surface area contributed by atoms with E-state index in [0.29, 0.717) is 13.1 Å². The number of nitrogens with zero attached hydrogens (tertiary/aromatic N) is 1. The number of carbonyl (C=O) groups excluding carboxylic acids is 1. The summed E-state index contributed by atoms with van der Waals surface area (Å²) in [5.74, 6) is -0.144. The molecule has 1 fully saturated rings. The Balaban J connectivity index is 2.35. The molecule has 1 amide bonds. The SMILES string of the molecule is CN(C)C(=O)CC1(F)CNC1. The number of amides is 1. The largest absolute Gasteiger partial charge is 0.349 e. The van der Waals surface area contributed by atoms with Crippen molar-refractivity contribution in [2.24, 2.45) is 0 Å². The Kier molecular flexibility index (Phi) is 2.13. The zero-order valence-corrected chi connectivity index (χ0v) is 6.85. The highest BCUT2D eigenvalue weighted by molar-refractivity contribution is 5.76. The lowest BCUT2D eigenvalue weighted by molar-refractivity contribution is -0.132. The smallest absolute Gasteiger partial charge is 0.225 e. The van der Waals surface area contributed by atoms with E-state index in [2.05, 4.69) is 5.32 Å². The summed E-state index contributed by atoms with van der Waals surface area (Å²) >= 11 is 0. The lowest BCUT2D eigenvalue weighted by Gasteiger charge is -2.34. The van der Waals surface area contributed by atoms with E-state index in [1.165, 1.54) is 4.90 Å². The van der Waals surface area contributed by atoms with Crippen LogP contribution in [0.15, 0.2) is 0 Å². The molecular weight excluding hydrogens is 147 g/mol. The van der Waals surface area contributed by atoms with Gasteiger partial charge in [-0.1, -0.05) is 0 Å². The molecule has 0 aromatic rings. The van der Waals surface area contributed by atoms with Crippen LogP contribution < -0.4 is 5.32 Å². The van der Waals surface area contributed by atoms with E-state index in [1.54, 1.807) is 14.1 Å². The fourth-order valence-corrected chi connectivity index (χ4v) is 0.950. The van der Waals surface area contributed by atoms with E-state index in [9.17, 15) is 9.18 Å². The quantitative estimate of drug-likeness (QED) is 0.605. The van der Waals surface area contributed by atoms with Crippen molar-refractivity contribution in [3.8, 4) is 0 Å². The molecule has 1 saturated heterocycles. The number of hydrogen-bond acceptors (Lipinski definition) is 2. The summed E-state index contributed by atoms with van der Waals surface area (Å²) < 4.78 is 13.2. The number of carbonyl (C=O) groups is 1. The molecule has 1 N–H and O–H groups in total. The lowest BCUT2D eigenvalue weighted by Crippen LogP contribution is -2.57. The van der Waals surface area contributed by atoms with Crippen molar-refractivity contribution >= 4 is 5.91 Å². The van der Waals surface area contributed by atoms with E-state index in [-0.39, 0.29) is 12.3 Å². The second-order valence-electron chi connectivity index (χ2n) is 3.22. The molecule has 1 heterocycles. The third kappa shape index (κ3) is 1.89. The van der Waals surface area contributed by atoms with Crippen molar-refractivity contribution in [2.75, 3.05) is 27.2 Å². The highest BCUT2D eigenvalue weighted by Crippen LogP contribution is 2.21. The Morgan fingerprint density at radius 1 is 1.64 bits per heavy atom. The van der Waals surface area contributed by atoms with Gasteiger partial charge in [-0.15, -0.1) is 0 Å². The number of alkyl halides is 1. The van der Waals surface area contributed by atoms with Crippen molar-refractivity contribution in [1.29, 1.82) is 0 Å². The Morgan fingerprint density at radius 3 is 2.45 bits per heavy atom. The highest BCUT2D eigenvalue weighted by Gasteiger charge is 2.39. The van der Waals surface area contributed by atoms with E-state index in [4.69, 9.17) is 0 Å². The van der Waals surface area contributed by atoms with Gasteiger partial charge in [0.15, 0.2) is 0 Å². The van der Waals surface area contributed by atoms with E-state index >= 15 is 0 Å². The van der Waals surface area contributed by atoms with Crippen LogP contribution in [-0.2, 0) is 4.79 Å². The van der Waals surface area contributed by atoms with Gasteiger partial charge in [-0.2, -0.15) is 0 Å². The summed E-state index contributed by atoms with van der Waals surface area (Å²) in [5, 5.41) is 2.80. The molecule has 3 nitrogen and oxygen atoms in total. The first-order valence-electron chi connectivity index (χ1n) is 3.63. The summed E-state index contributed by atoms with van der Waals surface area (Å²) in [6.07, 6.45) is 0.00694. The first kappa shape index (κ1) is 8.46. The third-order valence-corrected chi connectivity index (χ3v) is 1.85. The standard InChI is InChI=1S/C7H13FN2O/c1-10(2)6(11)3-7(8)4-9-5-7/h9H,3-5H2,1-2H3. The van der Waals surface area contributed by atoms with E-state index in [1.807, 2.05) is 0 Å². The summed E-state index contributed by atoms with van der Waals surface area (Å²) in [6, 6.07) is 0. The monoisotopic (exact) mass is 160 g/mol. The molecule has 0 bridgehead atoms. The van der Waals surface area contributed by atoms with Gasteiger partial charge in [0.2, 0.25) is 5.91 Å². The normalized spacial score (nSPS) is 20.6. The van der Waals surface area contributed by atoms with Crippen LogP contribution >= 0.6 is 0 Å². The Labute approximate surface area is 65.6 Å². The average Bonchev–Trinajstić information content (AvgIpc) is 1.84. The number of halogens is 1. The first-order chi connectivity index (χ1) is 5.03. The topological polar surface area (TPSA) is 32.3 Å². The molecule has 64 valence electrons. The van der Waals surface area contributed by atoms with Crippen LogP contribution in [0.4, 0.5) is 4.39 Å². The van der Waals surface area contributed by atoms with Crippen LogP contribution in [0.25, 0.3) is 0 Å². The van der Waals surface area contributed by atoms with E-state index in [0.717, 1.165) is 0 Å². The molecule has 1 aliphatic rings. The molecule has 1 aliphatic heterocycles. The number of hydrogen-bond donors (Lipinski definition) is 1. The molecule has 1 rings (SSSR count). The van der Waals surface area contributed by atoms with Gasteiger partial charge in [-0.3, -0.25) is 4.79 Å². The molecule has 4 heteroatoms. The Hall–Kier alpha value is -0.640. The molecule has 0 atom stereocenters. The molecule has 11 heavy (non-hydrogen) atoms. The zero-order chi connectivity index (χ0) is 8.48. The Morgan fingerprint density at radius 2 is 2.18 bits per heavy atom. The molecule has 0 aromatic carbocycles. The second kappa shape index (κ2) is 2.77. The molecule has 0 aliphatic carbocycles.